The fourth-order valence-corrected chi connectivity index (χ4v) is 1.87. The molecule has 2 N–H and O–H groups in total. The highest BCUT2D eigenvalue weighted by Gasteiger charge is 2.17. The maximum Gasteiger partial charge on any atom is 0.387 e. The number of carbonyl (C=O) groups is 1. The molecule has 0 saturated carbocycles. The van der Waals surface area contributed by atoms with Crippen molar-refractivity contribution in [3.05, 3.63) is 59.2 Å². The maximum absolute atomic E-state index is 12.4. The SMILES string of the molecule is Cc1cccc(C(=O)c2cc(N)ccc2OC(F)F)c1. The number of hydrogen-bond donors (Lipinski definition) is 1. The van der Waals surface area contributed by atoms with Crippen molar-refractivity contribution in [1.29, 1.82) is 0 Å². The summed E-state index contributed by atoms with van der Waals surface area (Å²) in [6, 6.07) is 10.9. The number of alkyl halides is 2. The summed E-state index contributed by atoms with van der Waals surface area (Å²) in [5, 5.41) is 0. The zero-order valence-electron chi connectivity index (χ0n) is 10.8. The van der Waals surface area contributed by atoms with E-state index in [0.29, 0.717) is 11.3 Å². The number of halogens is 2. The molecule has 0 radical (unpaired) electrons. The van der Waals surface area contributed by atoms with E-state index < -0.39 is 12.4 Å². The summed E-state index contributed by atoms with van der Waals surface area (Å²) in [5.74, 6) is -0.586. The molecule has 5 heteroatoms. The first-order valence-electron chi connectivity index (χ1n) is 5.93. The highest BCUT2D eigenvalue weighted by molar-refractivity contribution is 6.11. The van der Waals surface area contributed by atoms with Crippen LogP contribution in [0.2, 0.25) is 0 Å². The second kappa shape index (κ2) is 5.69. The third-order valence-corrected chi connectivity index (χ3v) is 2.74. The molecule has 0 fully saturated rings. The fourth-order valence-electron chi connectivity index (χ4n) is 1.87. The molecule has 0 saturated heterocycles. The topological polar surface area (TPSA) is 52.3 Å². The first-order chi connectivity index (χ1) is 9.47. The molecule has 0 aliphatic rings. The molecule has 2 rings (SSSR count). The summed E-state index contributed by atoms with van der Waals surface area (Å²) in [7, 11) is 0. The Morgan fingerprint density at radius 1 is 1.20 bits per heavy atom. The van der Waals surface area contributed by atoms with E-state index in [1.807, 2.05) is 13.0 Å². The molecule has 0 aliphatic carbocycles. The van der Waals surface area contributed by atoms with Gasteiger partial charge >= 0.3 is 6.61 Å². The van der Waals surface area contributed by atoms with Gasteiger partial charge in [0.05, 0.1) is 5.56 Å². The van der Waals surface area contributed by atoms with Crippen LogP contribution >= 0.6 is 0 Å². The molecule has 2 aromatic carbocycles. The van der Waals surface area contributed by atoms with Gasteiger partial charge in [0, 0.05) is 11.3 Å². The third kappa shape index (κ3) is 3.12. The summed E-state index contributed by atoms with van der Waals surface area (Å²) < 4.78 is 29.1. The van der Waals surface area contributed by atoms with Crippen molar-refractivity contribution in [2.75, 3.05) is 5.73 Å². The lowest BCUT2D eigenvalue weighted by Crippen LogP contribution is -2.09. The van der Waals surface area contributed by atoms with Gasteiger partial charge in [0.1, 0.15) is 5.75 Å². The van der Waals surface area contributed by atoms with Gasteiger partial charge in [-0.3, -0.25) is 4.79 Å². The minimum Gasteiger partial charge on any atom is -0.434 e. The van der Waals surface area contributed by atoms with E-state index in [-0.39, 0.29) is 11.3 Å². The Morgan fingerprint density at radius 3 is 2.60 bits per heavy atom. The predicted octanol–water partition coefficient (Wildman–Crippen LogP) is 3.41. The third-order valence-electron chi connectivity index (χ3n) is 2.74. The first kappa shape index (κ1) is 14.0. The molecule has 3 nitrogen and oxygen atoms in total. The second-order valence-electron chi connectivity index (χ2n) is 4.33. The predicted molar refractivity (Wildman–Crippen MR) is 72.1 cm³/mol. The molecule has 2 aromatic rings. The van der Waals surface area contributed by atoms with E-state index >= 15 is 0 Å². The number of hydrogen-bond acceptors (Lipinski definition) is 3. The normalized spacial score (nSPS) is 10.6. The molecule has 0 aliphatic heterocycles. The van der Waals surface area contributed by atoms with Crippen LogP contribution in [0.25, 0.3) is 0 Å². The number of ketones is 1. The van der Waals surface area contributed by atoms with Crippen LogP contribution in [-0.4, -0.2) is 12.4 Å². The Labute approximate surface area is 115 Å². The van der Waals surface area contributed by atoms with Crippen LogP contribution in [0.15, 0.2) is 42.5 Å². The van der Waals surface area contributed by atoms with Gasteiger partial charge in [-0.1, -0.05) is 23.8 Å². The van der Waals surface area contributed by atoms with Crippen molar-refractivity contribution < 1.29 is 18.3 Å². The number of carbonyl (C=O) groups excluding carboxylic acids is 1. The van der Waals surface area contributed by atoms with Crippen molar-refractivity contribution in [3.63, 3.8) is 0 Å². The zero-order chi connectivity index (χ0) is 14.7. The Morgan fingerprint density at radius 2 is 1.95 bits per heavy atom. The van der Waals surface area contributed by atoms with Gasteiger partial charge in [-0.05, 0) is 31.2 Å². The molecule has 0 atom stereocenters. The number of benzene rings is 2. The zero-order valence-corrected chi connectivity index (χ0v) is 10.8. The van der Waals surface area contributed by atoms with Gasteiger partial charge < -0.3 is 10.5 Å². The molecular formula is C15H13F2NO2. The molecule has 0 unspecified atom stereocenters. The smallest absolute Gasteiger partial charge is 0.387 e. The van der Waals surface area contributed by atoms with Crippen LogP contribution in [0.4, 0.5) is 14.5 Å². The quantitative estimate of drug-likeness (QED) is 0.688. The van der Waals surface area contributed by atoms with E-state index in [4.69, 9.17) is 5.73 Å². The largest absolute Gasteiger partial charge is 0.434 e. The molecule has 104 valence electrons. The second-order valence-corrected chi connectivity index (χ2v) is 4.33. The van der Waals surface area contributed by atoms with Crippen LogP contribution < -0.4 is 10.5 Å². The van der Waals surface area contributed by atoms with E-state index in [9.17, 15) is 13.6 Å². The van der Waals surface area contributed by atoms with Gasteiger partial charge in [-0.2, -0.15) is 8.78 Å². The van der Waals surface area contributed by atoms with Crippen LogP contribution in [-0.2, 0) is 0 Å². The van der Waals surface area contributed by atoms with E-state index in [0.717, 1.165) is 5.56 Å². The van der Waals surface area contributed by atoms with Gasteiger partial charge in [0.2, 0.25) is 0 Å². The Bertz CT molecular complexity index is 642. The standard InChI is InChI=1S/C15H13F2NO2/c1-9-3-2-4-10(7-9)14(19)12-8-11(18)5-6-13(12)20-15(16)17/h2-8,15H,18H2,1H3. The number of anilines is 1. The van der Waals surface area contributed by atoms with Crippen molar-refractivity contribution >= 4 is 11.5 Å². The van der Waals surface area contributed by atoms with Crippen molar-refractivity contribution in [1.82, 2.24) is 0 Å². The first-order valence-corrected chi connectivity index (χ1v) is 5.93. The molecule has 0 amide bonds. The van der Waals surface area contributed by atoms with Crippen LogP contribution in [0.3, 0.4) is 0 Å². The van der Waals surface area contributed by atoms with Gasteiger partial charge in [0.25, 0.3) is 0 Å². The van der Waals surface area contributed by atoms with Gasteiger partial charge in [0.15, 0.2) is 5.78 Å². The van der Waals surface area contributed by atoms with Gasteiger partial charge in [-0.25, -0.2) is 0 Å². The van der Waals surface area contributed by atoms with Crippen LogP contribution in [0.1, 0.15) is 21.5 Å². The monoisotopic (exact) mass is 277 g/mol. The summed E-state index contributed by atoms with van der Waals surface area (Å²) in [5.41, 5.74) is 7.24. The summed E-state index contributed by atoms with van der Waals surface area (Å²) >= 11 is 0. The number of nitrogens with two attached hydrogens (primary N) is 1. The minimum atomic E-state index is -3.00. The lowest BCUT2D eigenvalue weighted by Gasteiger charge is -2.11. The van der Waals surface area contributed by atoms with Crippen molar-refractivity contribution in [2.24, 2.45) is 0 Å². The summed E-state index contributed by atoms with van der Waals surface area (Å²) in [6.45, 7) is -1.16. The molecular weight excluding hydrogens is 264 g/mol. The minimum absolute atomic E-state index is 0.0240. The Kier molecular flexibility index (Phi) is 3.98. The summed E-state index contributed by atoms with van der Waals surface area (Å²) in [4.78, 5) is 12.4. The number of rotatable bonds is 4. The molecule has 0 heterocycles. The molecule has 0 spiro atoms. The lowest BCUT2D eigenvalue weighted by molar-refractivity contribution is -0.0501. The molecule has 0 bridgehead atoms. The van der Waals surface area contributed by atoms with E-state index in [2.05, 4.69) is 4.74 Å². The highest BCUT2D eigenvalue weighted by atomic mass is 19.3. The van der Waals surface area contributed by atoms with Crippen molar-refractivity contribution in [2.45, 2.75) is 13.5 Å². The fraction of sp³-hybridized carbons (Fsp3) is 0.133. The molecule has 0 aromatic heterocycles. The Hall–Kier alpha value is -2.43. The van der Waals surface area contributed by atoms with Crippen LogP contribution in [0, 0.1) is 6.92 Å². The van der Waals surface area contributed by atoms with Gasteiger partial charge in [-0.15, -0.1) is 0 Å². The number of ether oxygens (including phenoxy) is 1. The highest BCUT2D eigenvalue weighted by Crippen LogP contribution is 2.26. The lowest BCUT2D eigenvalue weighted by atomic mass is 10.0. The maximum atomic E-state index is 12.4. The average Bonchev–Trinajstić information content (AvgIpc) is 2.39. The number of nitrogen functional groups attached to an aromatic ring is 1. The Balaban J connectivity index is 2.45. The van der Waals surface area contributed by atoms with Crippen molar-refractivity contribution in [3.8, 4) is 5.75 Å². The average molecular weight is 277 g/mol. The van der Waals surface area contributed by atoms with E-state index in [1.54, 1.807) is 18.2 Å². The summed E-state index contributed by atoms with van der Waals surface area (Å²) in [6.07, 6.45) is 0. The van der Waals surface area contributed by atoms with E-state index in [1.165, 1.54) is 18.2 Å². The number of aryl methyl sites for hydroxylation is 1. The van der Waals surface area contributed by atoms with Crippen LogP contribution in [0.5, 0.6) is 5.75 Å². The molecule has 20 heavy (non-hydrogen) atoms.